The maximum Gasteiger partial charge on any atom is 0.312 e. The van der Waals surface area contributed by atoms with Gasteiger partial charge >= 0.3 is 5.69 Å². The van der Waals surface area contributed by atoms with E-state index in [1.807, 2.05) is 6.07 Å². The van der Waals surface area contributed by atoms with Gasteiger partial charge in [-0.05, 0) is 20.8 Å². The molecule has 0 radical (unpaired) electrons. The molecule has 0 spiro atoms. The van der Waals surface area contributed by atoms with Crippen LogP contribution in [0.3, 0.4) is 0 Å². The Bertz CT molecular complexity index is 416. The van der Waals surface area contributed by atoms with Crippen LogP contribution in [0.15, 0.2) is 0 Å². The Kier molecular flexibility index (Phi) is 2.51. The Labute approximate surface area is 80.9 Å². The number of hydrogen-bond donors (Lipinski definition) is 0. The summed E-state index contributed by atoms with van der Waals surface area (Å²) in [6, 6.07) is 1.50. The Balaban J connectivity index is 3.32. The number of aromatic nitrogens is 2. The Morgan fingerprint density at radius 1 is 1.64 bits per heavy atom. The summed E-state index contributed by atoms with van der Waals surface area (Å²) in [6.45, 7) is 4.79. The van der Waals surface area contributed by atoms with E-state index in [0.29, 0.717) is 11.4 Å². The van der Waals surface area contributed by atoms with Crippen molar-refractivity contribution in [3.63, 3.8) is 0 Å². The van der Waals surface area contributed by atoms with Gasteiger partial charge in [-0.25, -0.2) is 4.68 Å². The molecule has 6 nitrogen and oxygen atoms in total. The summed E-state index contributed by atoms with van der Waals surface area (Å²) in [5.41, 5.74) is 0.753. The normalized spacial score (nSPS) is 12.1. The predicted molar refractivity (Wildman–Crippen MR) is 48.7 cm³/mol. The fraction of sp³-hybridized carbons (Fsp3) is 0.500. The Morgan fingerprint density at radius 3 is 2.57 bits per heavy atom. The number of rotatable bonds is 2. The molecule has 1 aromatic rings. The van der Waals surface area contributed by atoms with Gasteiger partial charge in [-0.2, -0.15) is 10.4 Å². The van der Waals surface area contributed by atoms with Gasteiger partial charge in [0.25, 0.3) is 0 Å². The summed E-state index contributed by atoms with van der Waals surface area (Å²) in [5.74, 6) is 0. The molecule has 0 aromatic carbocycles. The van der Waals surface area contributed by atoms with E-state index >= 15 is 0 Å². The van der Waals surface area contributed by atoms with Crippen molar-refractivity contribution in [2.45, 2.75) is 26.8 Å². The van der Waals surface area contributed by atoms with Crippen LogP contribution in [0.25, 0.3) is 0 Å². The van der Waals surface area contributed by atoms with Gasteiger partial charge in [0.2, 0.25) is 0 Å². The van der Waals surface area contributed by atoms with Crippen LogP contribution in [0.2, 0.25) is 0 Å². The van der Waals surface area contributed by atoms with Crippen molar-refractivity contribution in [3.05, 3.63) is 21.5 Å². The lowest BCUT2D eigenvalue weighted by Gasteiger charge is -2.03. The molecular formula is C8H10N4O2. The molecule has 0 saturated carbocycles. The standard InChI is InChI=1S/C8H10N4O2/c1-5(4-9)11-7(3)8(12(13)14)6(2)10-11/h5H,1-3H3. The van der Waals surface area contributed by atoms with Crippen LogP contribution < -0.4 is 0 Å². The van der Waals surface area contributed by atoms with E-state index in [1.165, 1.54) is 4.68 Å². The van der Waals surface area contributed by atoms with Gasteiger partial charge in [-0.15, -0.1) is 0 Å². The van der Waals surface area contributed by atoms with Crippen LogP contribution in [0.5, 0.6) is 0 Å². The van der Waals surface area contributed by atoms with E-state index in [-0.39, 0.29) is 5.69 Å². The second-order valence-electron chi connectivity index (χ2n) is 3.03. The molecule has 1 rings (SSSR count). The summed E-state index contributed by atoms with van der Waals surface area (Å²) in [4.78, 5) is 10.2. The Hall–Kier alpha value is -1.90. The minimum absolute atomic E-state index is 0.00731. The number of hydrogen-bond acceptors (Lipinski definition) is 4. The van der Waals surface area contributed by atoms with Gasteiger partial charge in [0.1, 0.15) is 17.4 Å². The molecule has 0 bridgehead atoms. The maximum absolute atomic E-state index is 10.6. The quantitative estimate of drug-likeness (QED) is 0.527. The zero-order valence-electron chi connectivity index (χ0n) is 8.18. The van der Waals surface area contributed by atoms with E-state index in [0.717, 1.165) is 0 Å². The molecule has 0 aliphatic rings. The largest absolute Gasteiger partial charge is 0.312 e. The molecule has 74 valence electrons. The first kappa shape index (κ1) is 10.2. The lowest BCUT2D eigenvalue weighted by molar-refractivity contribution is -0.386. The van der Waals surface area contributed by atoms with Crippen LogP contribution in [0.1, 0.15) is 24.4 Å². The highest BCUT2D eigenvalue weighted by Gasteiger charge is 2.23. The number of nitrogens with zero attached hydrogens (tertiary/aromatic N) is 4. The lowest BCUT2D eigenvalue weighted by atomic mass is 10.3. The second kappa shape index (κ2) is 3.46. The molecular weight excluding hydrogens is 184 g/mol. The predicted octanol–water partition coefficient (Wildman–Crippen LogP) is 1.49. The van der Waals surface area contributed by atoms with E-state index in [1.54, 1.807) is 20.8 Å². The van der Waals surface area contributed by atoms with Gasteiger partial charge in [0.05, 0.1) is 11.0 Å². The molecule has 1 atom stereocenters. The van der Waals surface area contributed by atoms with Gasteiger partial charge < -0.3 is 0 Å². The van der Waals surface area contributed by atoms with Crippen molar-refractivity contribution in [1.29, 1.82) is 5.26 Å². The zero-order valence-corrected chi connectivity index (χ0v) is 8.18. The zero-order chi connectivity index (χ0) is 10.9. The number of nitriles is 1. The van der Waals surface area contributed by atoms with E-state index in [4.69, 9.17) is 5.26 Å². The number of nitro groups is 1. The summed E-state index contributed by atoms with van der Waals surface area (Å²) in [6.07, 6.45) is 0. The second-order valence-corrected chi connectivity index (χ2v) is 3.03. The third-order valence-corrected chi connectivity index (χ3v) is 2.02. The van der Waals surface area contributed by atoms with E-state index < -0.39 is 11.0 Å². The van der Waals surface area contributed by atoms with Crippen LogP contribution in [-0.2, 0) is 0 Å². The maximum atomic E-state index is 10.6. The average Bonchev–Trinajstić information content (AvgIpc) is 2.40. The average molecular weight is 194 g/mol. The van der Waals surface area contributed by atoms with Crippen molar-refractivity contribution >= 4 is 5.69 Å². The van der Waals surface area contributed by atoms with E-state index in [9.17, 15) is 10.1 Å². The first-order valence-corrected chi connectivity index (χ1v) is 4.08. The van der Waals surface area contributed by atoms with Crippen molar-refractivity contribution in [3.8, 4) is 6.07 Å². The summed E-state index contributed by atoms with van der Waals surface area (Å²) in [7, 11) is 0. The fourth-order valence-electron chi connectivity index (χ4n) is 1.35. The SMILES string of the molecule is Cc1nn(C(C)C#N)c(C)c1[N+](=O)[O-]. The molecule has 0 fully saturated rings. The first-order chi connectivity index (χ1) is 6.49. The van der Waals surface area contributed by atoms with Gasteiger partial charge in [-0.3, -0.25) is 10.1 Å². The molecule has 14 heavy (non-hydrogen) atoms. The Morgan fingerprint density at radius 2 is 2.21 bits per heavy atom. The van der Waals surface area contributed by atoms with Crippen LogP contribution >= 0.6 is 0 Å². The fourth-order valence-corrected chi connectivity index (χ4v) is 1.35. The summed E-state index contributed by atoms with van der Waals surface area (Å²) >= 11 is 0. The van der Waals surface area contributed by atoms with Crippen LogP contribution in [-0.4, -0.2) is 14.7 Å². The lowest BCUT2D eigenvalue weighted by Crippen LogP contribution is -2.06. The third-order valence-electron chi connectivity index (χ3n) is 2.02. The molecule has 1 aromatic heterocycles. The summed E-state index contributed by atoms with van der Waals surface area (Å²) in [5, 5.41) is 23.3. The minimum atomic E-state index is -0.484. The van der Waals surface area contributed by atoms with Crippen LogP contribution in [0.4, 0.5) is 5.69 Å². The van der Waals surface area contributed by atoms with Gasteiger partial charge in [0, 0.05) is 0 Å². The number of aryl methyl sites for hydroxylation is 1. The monoisotopic (exact) mass is 194 g/mol. The smallest absolute Gasteiger partial charge is 0.258 e. The molecule has 0 aliphatic heterocycles. The molecule has 1 heterocycles. The topological polar surface area (TPSA) is 84.8 Å². The summed E-state index contributed by atoms with van der Waals surface area (Å²) < 4.78 is 1.37. The molecule has 6 heteroatoms. The minimum Gasteiger partial charge on any atom is -0.258 e. The van der Waals surface area contributed by atoms with E-state index in [2.05, 4.69) is 5.10 Å². The molecule has 1 unspecified atom stereocenters. The third kappa shape index (κ3) is 1.44. The highest BCUT2D eigenvalue weighted by Crippen LogP contribution is 2.23. The van der Waals surface area contributed by atoms with Crippen molar-refractivity contribution < 1.29 is 4.92 Å². The van der Waals surface area contributed by atoms with Gasteiger partial charge in [0.15, 0.2) is 0 Å². The van der Waals surface area contributed by atoms with Crippen LogP contribution in [0, 0.1) is 35.3 Å². The molecule has 0 N–H and O–H groups in total. The highest BCUT2D eigenvalue weighted by atomic mass is 16.6. The molecule has 0 aliphatic carbocycles. The highest BCUT2D eigenvalue weighted by molar-refractivity contribution is 5.40. The van der Waals surface area contributed by atoms with Crippen molar-refractivity contribution in [1.82, 2.24) is 9.78 Å². The van der Waals surface area contributed by atoms with Crippen molar-refractivity contribution in [2.24, 2.45) is 0 Å². The van der Waals surface area contributed by atoms with Gasteiger partial charge in [-0.1, -0.05) is 0 Å². The molecule has 0 amide bonds. The molecule has 0 saturated heterocycles. The van der Waals surface area contributed by atoms with Crippen molar-refractivity contribution in [2.75, 3.05) is 0 Å². The first-order valence-electron chi connectivity index (χ1n) is 4.08.